The molecule has 0 aliphatic carbocycles. The van der Waals surface area contributed by atoms with Crippen molar-refractivity contribution in [2.24, 2.45) is 0 Å². The van der Waals surface area contributed by atoms with Gasteiger partial charge in [0.15, 0.2) is 23.4 Å². The third-order valence-corrected chi connectivity index (χ3v) is 20.5. The van der Waals surface area contributed by atoms with Gasteiger partial charge in [0.05, 0.1) is 35.0 Å². The summed E-state index contributed by atoms with van der Waals surface area (Å²) in [7, 11) is 0. The van der Waals surface area contributed by atoms with Crippen LogP contribution in [0, 0.1) is 11.6 Å². The van der Waals surface area contributed by atoms with Crippen LogP contribution < -0.4 is 10.6 Å². The average molecular weight is 1570 g/mol. The fourth-order valence-electron chi connectivity index (χ4n) is 15.3. The molecule has 2 heterocycles. The van der Waals surface area contributed by atoms with E-state index in [0.29, 0.717) is 80.1 Å². The van der Waals surface area contributed by atoms with Crippen LogP contribution in [0.3, 0.4) is 0 Å². The molecule has 14 aromatic rings. The molecule has 2 amide bonds. The van der Waals surface area contributed by atoms with Crippen LogP contribution in [0.25, 0.3) is 44.8 Å². The van der Waals surface area contributed by atoms with E-state index in [9.17, 15) is 48.1 Å². The Morgan fingerprint density at radius 3 is 1.01 bits per heavy atom. The Balaban J connectivity index is 0.000000182. The quantitative estimate of drug-likeness (QED) is 0.0232. The van der Waals surface area contributed by atoms with Crippen LogP contribution in [-0.4, -0.2) is 60.6 Å². The summed E-state index contributed by atoms with van der Waals surface area (Å²) < 4.78 is 44.1. The molecule has 14 nitrogen and oxygen atoms in total. The van der Waals surface area contributed by atoms with Gasteiger partial charge in [-0.1, -0.05) is 307 Å². The van der Waals surface area contributed by atoms with E-state index in [1.807, 2.05) is 299 Å². The van der Waals surface area contributed by atoms with Crippen LogP contribution in [0.1, 0.15) is 143 Å². The van der Waals surface area contributed by atoms with E-state index in [1.54, 1.807) is 60.7 Å². The number of halogens is 2. The predicted octanol–water partition coefficient (Wildman–Crippen LogP) is 21.9. The van der Waals surface area contributed by atoms with E-state index in [2.05, 4.69) is 15.2 Å². The van der Waals surface area contributed by atoms with Gasteiger partial charge in [0.2, 0.25) is 0 Å². The number of hydrogen-bond donors (Lipinski definition) is 5. The molecular formula is C102H94F2N4O10. The molecule has 596 valence electrons. The number of carbonyl (C=O) groups excluding carboxylic acids is 5. The summed E-state index contributed by atoms with van der Waals surface area (Å²) in [6.07, 6.45) is -2.25. The molecule has 0 aliphatic rings. The van der Waals surface area contributed by atoms with Gasteiger partial charge in [0.1, 0.15) is 17.9 Å². The lowest BCUT2D eigenvalue weighted by Crippen LogP contribution is -2.38. The summed E-state index contributed by atoms with van der Waals surface area (Å²) in [5.74, 6) is -2.55. The maximum Gasteiger partial charge on any atom is 0.309 e. The minimum Gasteiger partial charge on any atom is -0.454 e. The number of rotatable bonds is 28. The van der Waals surface area contributed by atoms with Crippen LogP contribution in [0.15, 0.2) is 352 Å². The number of aromatic nitrogens is 2. The Morgan fingerprint density at radius 1 is 0.398 bits per heavy atom. The third-order valence-electron chi connectivity index (χ3n) is 20.5. The molecule has 2 aromatic heterocycles. The Bertz CT molecular complexity index is 5510. The minimum atomic E-state index is -1.77. The average Bonchev–Trinajstić information content (AvgIpc) is 1.56. The first kappa shape index (κ1) is 83.9. The second-order valence-corrected chi connectivity index (χ2v) is 29.2. The van der Waals surface area contributed by atoms with Crippen LogP contribution in [-0.2, 0) is 48.1 Å². The van der Waals surface area contributed by atoms with Crippen LogP contribution in [0.4, 0.5) is 20.2 Å². The van der Waals surface area contributed by atoms with Gasteiger partial charge in [-0.25, -0.2) is 8.78 Å². The molecule has 14 rings (SSSR count). The third kappa shape index (κ3) is 19.7. The molecular weight excluding hydrogens is 1480 g/mol. The number of ether oxygens (including phenoxy) is 2. The van der Waals surface area contributed by atoms with Crippen molar-refractivity contribution in [3.8, 4) is 44.8 Å². The number of para-hydroxylation sites is 2. The Hall–Kier alpha value is -13.5. The lowest BCUT2D eigenvalue weighted by Gasteiger charge is -2.37. The molecule has 12 aromatic carbocycles. The highest BCUT2D eigenvalue weighted by Gasteiger charge is 2.46. The summed E-state index contributed by atoms with van der Waals surface area (Å²) in [6.45, 7) is 10.1. The van der Waals surface area contributed by atoms with Crippen LogP contribution >= 0.6 is 0 Å². The lowest BCUT2D eigenvalue weighted by molar-refractivity contribution is -0.165. The molecule has 118 heavy (non-hydrogen) atoms. The minimum absolute atomic E-state index is 0.000152. The Morgan fingerprint density at radius 2 is 0.695 bits per heavy atom. The maximum absolute atomic E-state index is 14.5. The van der Waals surface area contributed by atoms with Gasteiger partial charge >= 0.3 is 11.9 Å². The summed E-state index contributed by atoms with van der Waals surface area (Å²) in [6, 6.07) is 105. The summed E-state index contributed by atoms with van der Waals surface area (Å²) in [4.78, 5) is 65.4. The van der Waals surface area contributed by atoms with Gasteiger partial charge in [0.25, 0.3) is 11.8 Å². The lowest BCUT2D eigenvalue weighted by atomic mass is 9.79. The van der Waals surface area contributed by atoms with Gasteiger partial charge in [-0.3, -0.25) is 19.2 Å². The van der Waals surface area contributed by atoms with Crippen molar-refractivity contribution in [1.29, 1.82) is 0 Å². The van der Waals surface area contributed by atoms with E-state index >= 15 is 0 Å². The van der Waals surface area contributed by atoms with E-state index in [4.69, 9.17) is 9.47 Å². The van der Waals surface area contributed by atoms with Crippen molar-refractivity contribution in [3.05, 3.63) is 419 Å². The molecule has 0 fully saturated rings. The first-order valence-electron chi connectivity index (χ1n) is 39.4. The monoisotopic (exact) mass is 1570 g/mol. The number of benzene rings is 12. The number of aldehydes is 1. The highest BCUT2D eigenvalue weighted by molar-refractivity contribution is 6.13. The standard InChI is InChI=1S/C51H47FN2O5.C29H27FN2O2.C22H20O3/c1-35(2)47-46(50(57)53-42-26-16-7-17-27-42)45(36-18-8-3-9-19-36)48(37-28-30-41(52)31-29-37)54(47)33-32-43(55)34-44(56)59-49(38-20-10-4-11-21-38)51(58,39-22-12-5-13-23-39)40-24-14-6-15-25-40;1-20(2)27-26(29(34)31-24-12-7-4-8-13-24)25(21-10-5-3-6-11-21)28(32(27)18-9-19-33)22-14-16-23(30)17-15-22;1-17(23)25-21(18-11-5-2-6-12-18)22(24,19-13-7-3-8-14-19)20-15-9-4-10-16-20/h3-31,35,43,49,55,58H,32-34H2,1-2H3,(H,53,57);3-8,10-17,19-20H,9,18H2,1-2H3,(H,31,34);2-16,21,24H,1H3/t43?,49-;;21-/m0.0/s1. The second-order valence-electron chi connectivity index (χ2n) is 29.2. The first-order chi connectivity index (χ1) is 57.3. The Kier molecular flexibility index (Phi) is 28.2. The Labute approximate surface area is 687 Å². The number of aliphatic hydroxyl groups excluding tert-OH is 1. The maximum atomic E-state index is 14.5. The molecule has 0 bridgehead atoms. The zero-order valence-corrected chi connectivity index (χ0v) is 66.3. The van der Waals surface area contributed by atoms with Crippen LogP contribution in [0.2, 0.25) is 0 Å². The van der Waals surface area contributed by atoms with Crippen molar-refractivity contribution < 1.29 is 57.5 Å². The molecule has 0 radical (unpaired) electrons. The number of nitrogens with zero attached hydrogens (tertiary/aromatic N) is 2. The summed E-state index contributed by atoms with van der Waals surface area (Å²) >= 11 is 0. The molecule has 5 N–H and O–H groups in total. The number of esters is 2. The molecule has 1 unspecified atom stereocenters. The largest absolute Gasteiger partial charge is 0.454 e. The molecule has 0 aliphatic heterocycles. The van der Waals surface area contributed by atoms with Gasteiger partial charge < -0.3 is 49.4 Å². The van der Waals surface area contributed by atoms with Crippen LogP contribution in [0.5, 0.6) is 0 Å². The number of aliphatic hydroxyl groups is 3. The first-order valence-corrected chi connectivity index (χ1v) is 39.4. The van der Waals surface area contributed by atoms with Gasteiger partial charge in [-0.05, 0) is 147 Å². The summed E-state index contributed by atoms with van der Waals surface area (Å²) in [5, 5.41) is 42.3. The molecule has 0 saturated heterocycles. The van der Waals surface area contributed by atoms with Crippen molar-refractivity contribution >= 4 is 41.4 Å². The SMILES string of the molecule is CC(=O)O[C@@H](c1ccccc1)C(O)(c1ccccc1)c1ccccc1.CC(C)c1c(C(=O)Nc2ccccc2)c(-c2ccccc2)c(-c2ccc(F)cc2)n1CCC(O)CC(=O)O[C@@H](c1ccccc1)C(O)(c1ccccc1)c1ccccc1.CC(C)c1c(C(=O)Nc2ccccc2)c(-c2ccccc2)c(-c2ccc(F)cc2)n1CCC=O. The number of carbonyl (C=O) groups is 5. The number of anilines is 2. The van der Waals surface area contributed by atoms with Crippen molar-refractivity contribution in [1.82, 2.24) is 9.13 Å². The highest BCUT2D eigenvalue weighted by atomic mass is 19.1. The topological polar surface area (TPSA) is 198 Å². The molecule has 0 saturated carbocycles. The van der Waals surface area contributed by atoms with Gasteiger partial charge in [0, 0.05) is 60.3 Å². The van der Waals surface area contributed by atoms with Gasteiger partial charge in [-0.2, -0.15) is 0 Å². The zero-order valence-electron chi connectivity index (χ0n) is 66.3. The number of hydrogen-bond acceptors (Lipinski definition) is 10. The van der Waals surface area contributed by atoms with E-state index in [0.717, 1.165) is 51.2 Å². The predicted molar refractivity (Wildman–Crippen MR) is 461 cm³/mol. The smallest absolute Gasteiger partial charge is 0.309 e. The van der Waals surface area contributed by atoms with E-state index < -0.39 is 47.3 Å². The number of amides is 2. The van der Waals surface area contributed by atoms with Crippen molar-refractivity contribution in [2.45, 2.75) is 108 Å². The highest BCUT2D eigenvalue weighted by Crippen LogP contribution is 2.48. The number of nitrogens with one attached hydrogen (secondary N) is 2. The van der Waals surface area contributed by atoms with E-state index in [1.165, 1.54) is 31.2 Å². The zero-order chi connectivity index (χ0) is 83.1. The van der Waals surface area contributed by atoms with Gasteiger partial charge in [-0.15, -0.1) is 0 Å². The normalized spacial score (nSPS) is 12.0. The second kappa shape index (κ2) is 39.7. The fraction of sp³-hybridized carbons (Fsp3) is 0.167. The van der Waals surface area contributed by atoms with Crippen molar-refractivity contribution in [3.63, 3.8) is 0 Å². The molecule has 3 atom stereocenters. The fourth-order valence-corrected chi connectivity index (χ4v) is 15.3. The molecule has 16 heteroatoms. The summed E-state index contributed by atoms with van der Waals surface area (Å²) in [5.41, 5.74) is 10.5. The van der Waals surface area contributed by atoms with Crippen molar-refractivity contribution in [2.75, 3.05) is 10.6 Å². The van der Waals surface area contributed by atoms with E-state index in [-0.39, 0.29) is 48.9 Å². The molecule has 0 spiro atoms.